The van der Waals surface area contributed by atoms with Gasteiger partial charge in [-0.1, -0.05) is 24.3 Å². The maximum Gasteiger partial charge on any atom is 0.255 e. The minimum Gasteiger partial charge on any atom is -0.497 e. The molecule has 2 aromatic carbocycles. The summed E-state index contributed by atoms with van der Waals surface area (Å²) in [5.74, 6) is 0.889. The smallest absolute Gasteiger partial charge is 0.255 e. The fourth-order valence-electron chi connectivity index (χ4n) is 2.54. The summed E-state index contributed by atoms with van der Waals surface area (Å²) < 4.78 is 16.0. The molecule has 0 spiro atoms. The van der Waals surface area contributed by atoms with Crippen molar-refractivity contribution in [3.8, 4) is 11.5 Å². The number of amides is 1. The van der Waals surface area contributed by atoms with Crippen LogP contribution in [0.4, 0.5) is 0 Å². The van der Waals surface area contributed by atoms with Crippen molar-refractivity contribution < 1.29 is 19.0 Å². The lowest BCUT2D eigenvalue weighted by atomic mass is 10.0. The normalized spacial score (nSPS) is 11.7. The molecule has 0 aliphatic heterocycles. The van der Waals surface area contributed by atoms with Crippen LogP contribution in [0.1, 0.15) is 27.6 Å². The molecule has 0 aliphatic carbocycles. The number of benzene rings is 2. The van der Waals surface area contributed by atoms with Crippen molar-refractivity contribution in [3.05, 3.63) is 59.2 Å². The molecule has 0 aliphatic rings. The number of ether oxygens (including phenoxy) is 3. The third-order valence-electron chi connectivity index (χ3n) is 3.92. The van der Waals surface area contributed by atoms with E-state index in [1.807, 2.05) is 31.2 Å². The van der Waals surface area contributed by atoms with E-state index in [-0.39, 0.29) is 12.0 Å². The molecule has 0 unspecified atom stereocenters. The predicted octanol–water partition coefficient (Wildman–Crippen LogP) is 3.13. The van der Waals surface area contributed by atoms with Gasteiger partial charge in [-0.05, 0) is 30.2 Å². The first-order chi connectivity index (χ1) is 11.6. The van der Waals surface area contributed by atoms with Crippen LogP contribution in [0.2, 0.25) is 0 Å². The van der Waals surface area contributed by atoms with Crippen molar-refractivity contribution in [2.45, 2.75) is 13.0 Å². The van der Waals surface area contributed by atoms with Crippen LogP contribution in [0.25, 0.3) is 0 Å². The second-order valence-corrected chi connectivity index (χ2v) is 5.36. The molecule has 0 radical (unpaired) electrons. The summed E-state index contributed by atoms with van der Waals surface area (Å²) in [4.78, 5) is 12.5. The monoisotopic (exact) mass is 329 g/mol. The molecule has 0 heterocycles. The van der Waals surface area contributed by atoms with Crippen LogP contribution in [-0.4, -0.2) is 33.8 Å². The molecule has 0 saturated carbocycles. The molecular formula is C19H23NO4. The molecule has 2 rings (SSSR count). The van der Waals surface area contributed by atoms with Gasteiger partial charge in [0.15, 0.2) is 0 Å². The Bertz CT molecular complexity index is 700. The number of carbonyl (C=O) groups is 1. The zero-order chi connectivity index (χ0) is 17.5. The van der Waals surface area contributed by atoms with E-state index in [0.29, 0.717) is 23.6 Å². The molecule has 1 N–H and O–H groups in total. The van der Waals surface area contributed by atoms with Crippen molar-refractivity contribution in [1.82, 2.24) is 5.32 Å². The number of hydrogen-bond donors (Lipinski definition) is 1. The topological polar surface area (TPSA) is 56.8 Å². The average molecular weight is 329 g/mol. The molecular weight excluding hydrogens is 306 g/mol. The third kappa shape index (κ3) is 4.06. The number of rotatable bonds is 7. The molecule has 0 saturated heterocycles. The van der Waals surface area contributed by atoms with Crippen molar-refractivity contribution in [2.75, 3.05) is 27.9 Å². The number of nitrogens with one attached hydrogen (secondary N) is 1. The summed E-state index contributed by atoms with van der Waals surface area (Å²) in [6, 6.07) is 13.1. The highest BCUT2D eigenvalue weighted by atomic mass is 16.5. The van der Waals surface area contributed by atoms with E-state index in [4.69, 9.17) is 14.2 Å². The van der Waals surface area contributed by atoms with E-state index < -0.39 is 0 Å². The zero-order valence-corrected chi connectivity index (χ0v) is 14.5. The van der Waals surface area contributed by atoms with Crippen molar-refractivity contribution in [2.24, 2.45) is 0 Å². The first-order valence-electron chi connectivity index (χ1n) is 7.69. The summed E-state index contributed by atoms with van der Waals surface area (Å²) >= 11 is 0. The fraction of sp³-hybridized carbons (Fsp3) is 0.316. The maximum atomic E-state index is 12.5. The van der Waals surface area contributed by atoms with E-state index in [1.165, 1.54) is 7.11 Å². The van der Waals surface area contributed by atoms with Crippen molar-refractivity contribution in [3.63, 3.8) is 0 Å². The number of hydrogen-bond acceptors (Lipinski definition) is 4. The van der Waals surface area contributed by atoms with Gasteiger partial charge in [0.05, 0.1) is 25.9 Å². The molecule has 0 bridgehead atoms. The highest BCUT2D eigenvalue weighted by Crippen LogP contribution is 2.25. The van der Waals surface area contributed by atoms with E-state index >= 15 is 0 Å². The van der Waals surface area contributed by atoms with Crippen LogP contribution in [0, 0.1) is 6.92 Å². The molecule has 1 amide bonds. The van der Waals surface area contributed by atoms with Crippen LogP contribution in [0.5, 0.6) is 11.5 Å². The molecule has 24 heavy (non-hydrogen) atoms. The van der Waals surface area contributed by atoms with Gasteiger partial charge in [0.2, 0.25) is 0 Å². The number of carbonyl (C=O) groups excluding carboxylic acids is 1. The van der Waals surface area contributed by atoms with Gasteiger partial charge in [-0.15, -0.1) is 0 Å². The van der Waals surface area contributed by atoms with Gasteiger partial charge in [-0.25, -0.2) is 0 Å². The van der Waals surface area contributed by atoms with E-state index in [1.54, 1.807) is 32.4 Å². The first kappa shape index (κ1) is 17.8. The standard InChI is InChI=1S/C19H23NO4/c1-13-7-5-6-8-15(13)18(24-4)12-20-19(21)16-10-9-14(22-2)11-17(16)23-3/h5-11,18H,12H2,1-4H3,(H,20,21)/t18-/m1/s1. The molecule has 2 aromatic rings. The second-order valence-electron chi connectivity index (χ2n) is 5.36. The van der Waals surface area contributed by atoms with Gasteiger partial charge in [0.25, 0.3) is 5.91 Å². The first-order valence-corrected chi connectivity index (χ1v) is 7.69. The van der Waals surface area contributed by atoms with Crippen LogP contribution in [-0.2, 0) is 4.74 Å². The fourth-order valence-corrected chi connectivity index (χ4v) is 2.54. The van der Waals surface area contributed by atoms with Crippen LogP contribution in [0.15, 0.2) is 42.5 Å². The van der Waals surface area contributed by atoms with Crippen LogP contribution < -0.4 is 14.8 Å². The van der Waals surface area contributed by atoms with Crippen molar-refractivity contribution in [1.29, 1.82) is 0 Å². The van der Waals surface area contributed by atoms with E-state index in [2.05, 4.69) is 5.32 Å². The summed E-state index contributed by atoms with van der Waals surface area (Å²) in [5.41, 5.74) is 2.64. The lowest BCUT2D eigenvalue weighted by Crippen LogP contribution is -2.29. The average Bonchev–Trinajstić information content (AvgIpc) is 2.62. The van der Waals surface area contributed by atoms with Gasteiger partial charge in [0.1, 0.15) is 11.5 Å². The largest absolute Gasteiger partial charge is 0.497 e. The lowest BCUT2D eigenvalue weighted by molar-refractivity contribution is 0.0823. The molecule has 1 atom stereocenters. The van der Waals surface area contributed by atoms with Crippen LogP contribution in [0.3, 0.4) is 0 Å². The van der Waals surface area contributed by atoms with Gasteiger partial charge < -0.3 is 19.5 Å². The Balaban J connectivity index is 2.11. The Kier molecular flexibility index (Phi) is 6.21. The minimum atomic E-state index is -0.217. The lowest BCUT2D eigenvalue weighted by Gasteiger charge is -2.19. The number of aryl methyl sites for hydroxylation is 1. The molecule has 128 valence electrons. The molecule has 0 fully saturated rings. The highest BCUT2D eigenvalue weighted by Gasteiger charge is 2.17. The Labute approximate surface area is 142 Å². The Morgan fingerprint density at radius 1 is 1.08 bits per heavy atom. The zero-order valence-electron chi connectivity index (χ0n) is 14.5. The SMILES string of the molecule is COc1ccc(C(=O)NC[C@@H](OC)c2ccccc2C)c(OC)c1. The van der Waals surface area contributed by atoms with Gasteiger partial charge >= 0.3 is 0 Å². The summed E-state index contributed by atoms with van der Waals surface area (Å²) in [6.07, 6.45) is -0.209. The van der Waals surface area contributed by atoms with Gasteiger partial charge in [-0.3, -0.25) is 4.79 Å². The maximum absolute atomic E-state index is 12.5. The van der Waals surface area contributed by atoms with E-state index in [9.17, 15) is 4.79 Å². The Morgan fingerprint density at radius 3 is 2.46 bits per heavy atom. The Morgan fingerprint density at radius 2 is 1.83 bits per heavy atom. The summed E-state index contributed by atoms with van der Waals surface area (Å²) in [6.45, 7) is 2.39. The number of methoxy groups -OCH3 is 3. The molecule has 5 nitrogen and oxygen atoms in total. The molecule has 5 heteroatoms. The van der Waals surface area contributed by atoms with Crippen LogP contribution >= 0.6 is 0 Å². The Hall–Kier alpha value is -2.53. The quantitative estimate of drug-likeness (QED) is 0.848. The highest BCUT2D eigenvalue weighted by molar-refractivity contribution is 5.97. The predicted molar refractivity (Wildman–Crippen MR) is 92.8 cm³/mol. The minimum absolute atomic E-state index is 0.209. The second kappa shape index (κ2) is 8.36. The van der Waals surface area contributed by atoms with Gasteiger partial charge in [-0.2, -0.15) is 0 Å². The summed E-state index contributed by atoms with van der Waals surface area (Å²) in [7, 11) is 4.73. The van der Waals surface area contributed by atoms with Gasteiger partial charge in [0, 0.05) is 19.7 Å². The molecule has 0 aromatic heterocycles. The van der Waals surface area contributed by atoms with Crippen molar-refractivity contribution >= 4 is 5.91 Å². The van der Waals surface area contributed by atoms with E-state index in [0.717, 1.165) is 11.1 Å². The summed E-state index contributed by atoms with van der Waals surface area (Å²) in [5, 5.41) is 2.90. The third-order valence-corrected chi connectivity index (χ3v) is 3.92.